The Hall–Kier alpha value is -3.05. The second-order valence-electron chi connectivity index (χ2n) is 13.6. The Bertz CT molecular complexity index is 1300. The molecule has 0 spiro atoms. The summed E-state index contributed by atoms with van der Waals surface area (Å²) in [5.41, 5.74) is 1.70. The molecule has 2 saturated heterocycles. The summed E-state index contributed by atoms with van der Waals surface area (Å²) >= 11 is 0. The van der Waals surface area contributed by atoms with Crippen molar-refractivity contribution in [1.82, 2.24) is 10.6 Å². The van der Waals surface area contributed by atoms with Crippen LogP contribution in [0.4, 0.5) is 0 Å². The van der Waals surface area contributed by atoms with Crippen molar-refractivity contribution in [1.29, 1.82) is 0 Å². The summed E-state index contributed by atoms with van der Waals surface area (Å²) in [7, 11) is 0. The lowest BCUT2D eigenvalue weighted by Gasteiger charge is -2.31. The van der Waals surface area contributed by atoms with Crippen LogP contribution in [0.25, 0.3) is 6.08 Å². The van der Waals surface area contributed by atoms with Crippen molar-refractivity contribution in [3.63, 3.8) is 0 Å². The van der Waals surface area contributed by atoms with Crippen molar-refractivity contribution in [3.8, 4) is 0 Å². The molecule has 3 unspecified atom stereocenters. The molecule has 48 heavy (non-hydrogen) atoms. The van der Waals surface area contributed by atoms with Gasteiger partial charge in [-0.1, -0.05) is 69.9 Å². The van der Waals surface area contributed by atoms with E-state index in [0.29, 0.717) is 29.3 Å². The van der Waals surface area contributed by atoms with Crippen LogP contribution in [0.15, 0.2) is 42.0 Å². The number of rotatable bonds is 18. The van der Waals surface area contributed by atoms with Gasteiger partial charge in [0.1, 0.15) is 18.3 Å². The molecule has 1 aromatic rings. The fourth-order valence-electron chi connectivity index (χ4n) is 7.17. The molecule has 2 aliphatic heterocycles. The summed E-state index contributed by atoms with van der Waals surface area (Å²) in [5.74, 6) is -1.44. The summed E-state index contributed by atoms with van der Waals surface area (Å²) < 4.78 is 25.4. The molecule has 0 radical (unpaired) electrons. The highest BCUT2D eigenvalue weighted by Gasteiger charge is 2.52. The third-order valence-electron chi connectivity index (χ3n) is 9.90. The second kappa shape index (κ2) is 17.6. The summed E-state index contributed by atoms with van der Waals surface area (Å²) in [6.07, 6.45) is 16.1. The Labute approximate surface area is 285 Å². The molecule has 1 aromatic carbocycles. The normalized spacial score (nSPS) is 27.1. The molecule has 3 fully saturated rings. The van der Waals surface area contributed by atoms with Gasteiger partial charge in [-0.05, 0) is 55.7 Å². The van der Waals surface area contributed by atoms with Gasteiger partial charge >= 0.3 is 5.97 Å². The first kappa shape index (κ1) is 36.2. The molecular weight excluding hydrogens is 612 g/mol. The summed E-state index contributed by atoms with van der Waals surface area (Å²) in [6, 6.07) is 7.45. The molecule has 264 valence electrons. The third kappa shape index (κ3) is 9.77. The van der Waals surface area contributed by atoms with E-state index in [1.165, 1.54) is 0 Å². The highest BCUT2D eigenvalue weighted by molar-refractivity contribution is 5.95. The molecule has 2 aliphatic carbocycles. The lowest BCUT2D eigenvalue weighted by atomic mass is 9.88. The first-order valence-corrected chi connectivity index (χ1v) is 18.2. The number of ether oxygens (including phenoxy) is 4. The van der Waals surface area contributed by atoms with Gasteiger partial charge in [-0.15, -0.1) is 0 Å². The van der Waals surface area contributed by atoms with E-state index in [1.54, 1.807) is 6.07 Å². The predicted octanol–water partition coefficient (Wildman–Crippen LogP) is 5.38. The van der Waals surface area contributed by atoms with Gasteiger partial charge in [-0.3, -0.25) is 9.59 Å². The Kier molecular flexibility index (Phi) is 13.3. The van der Waals surface area contributed by atoms with Crippen LogP contribution in [0.1, 0.15) is 113 Å². The van der Waals surface area contributed by atoms with Gasteiger partial charge in [-0.25, -0.2) is 4.79 Å². The van der Waals surface area contributed by atoms with Crippen LogP contribution >= 0.6 is 0 Å². The first-order valence-electron chi connectivity index (χ1n) is 18.2. The maximum Gasteiger partial charge on any atom is 0.339 e. The Morgan fingerprint density at radius 1 is 0.979 bits per heavy atom. The largest absolute Gasteiger partial charge is 0.456 e. The van der Waals surface area contributed by atoms with Crippen LogP contribution in [0.5, 0.6) is 0 Å². The molecule has 10 heteroatoms. The number of benzene rings is 1. The number of epoxide rings is 1. The number of esters is 1. The zero-order valence-corrected chi connectivity index (χ0v) is 28.6. The van der Waals surface area contributed by atoms with Crippen LogP contribution in [-0.2, 0) is 28.5 Å². The number of allylic oxidation sites excluding steroid dienone is 1. The van der Waals surface area contributed by atoms with E-state index in [4.69, 9.17) is 24.1 Å². The minimum absolute atomic E-state index is 0.0838. The lowest BCUT2D eigenvalue weighted by molar-refractivity contribution is -0.190. The van der Waals surface area contributed by atoms with E-state index < -0.39 is 30.1 Å². The number of nitrogens with one attached hydrogen (secondary N) is 2. The van der Waals surface area contributed by atoms with Crippen molar-refractivity contribution in [2.45, 2.75) is 134 Å². The van der Waals surface area contributed by atoms with Crippen LogP contribution < -0.4 is 10.6 Å². The number of carbonyl (C=O) groups is 3. The van der Waals surface area contributed by atoms with Gasteiger partial charge in [0.15, 0.2) is 5.79 Å². The zero-order chi connectivity index (χ0) is 33.9. The molecule has 5 rings (SSSR count). The number of unbranched alkanes of at least 4 members (excludes halogenated alkanes) is 4. The maximum absolute atomic E-state index is 13.9. The predicted molar refractivity (Wildman–Crippen MR) is 182 cm³/mol. The van der Waals surface area contributed by atoms with Crippen molar-refractivity contribution in [2.24, 2.45) is 5.92 Å². The van der Waals surface area contributed by atoms with Crippen LogP contribution in [0.2, 0.25) is 0 Å². The number of hydrogen-bond donors (Lipinski definition) is 3. The van der Waals surface area contributed by atoms with Gasteiger partial charge < -0.3 is 34.7 Å². The van der Waals surface area contributed by atoms with Crippen molar-refractivity contribution in [3.05, 3.63) is 53.1 Å². The van der Waals surface area contributed by atoms with Gasteiger partial charge in [0.25, 0.3) is 0 Å². The number of hydrogen-bond acceptors (Lipinski definition) is 8. The molecule has 6 atom stereocenters. The highest BCUT2D eigenvalue weighted by atomic mass is 16.8. The fourth-order valence-corrected chi connectivity index (χ4v) is 7.17. The van der Waals surface area contributed by atoms with E-state index in [0.717, 1.165) is 76.2 Å². The van der Waals surface area contributed by atoms with Gasteiger partial charge in [-0.2, -0.15) is 0 Å². The molecule has 4 aliphatic rings. The van der Waals surface area contributed by atoms with Crippen molar-refractivity contribution >= 4 is 23.9 Å². The molecule has 0 aromatic heterocycles. The molecule has 2 heterocycles. The average Bonchev–Trinajstić information content (AvgIpc) is 3.77. The molecule has 0 bridgehead atoms. The Morgan fingerprint density at radius 3 is 2.48 bits per heavy atom. The van der Waals surface area contributed by atoms with Crippen LogP contribution in [0, 0.1) is 5.92 Å². The maximum atomic E-state index is 13.9. The third-order valence-corrected chi connectivity index (χ3v) is 9.90. The van der Waals surface area contributed by atoms with E-state index >= 15 is 0 Å². The second-order valence-corrected chi connectivity index (χ2v) is 13.6. The minimum atomic E-state index is -0.803. The lowest BCUT2D eigenvalue weighted by Crippen LogP contribution is -2.44. The minimum Gasteiger partial charge on any atom is -0.456 e. The van der Waals surface area contributed by atoms with Gasteiger partial charge in [0.2, 0.25) is 11.8 Å². The standard InChI is InChI=1S/C38H54N2O8/c1-3-5-9-18-38(19-10-6-4-2)47-33-25-28(36(43)40-20-17-34(42)39-21-22-41)24-32(35(33)48-38)46-37(44)29-12-8-7-11-27(29)15-13-26-14-16-30-31(23-26)45-30/h7-8,11-13,15,25-26,30-33,35,41H,3-6,9-10,14,16-24H2,1-2H3,(H,39,42)(H,40,43)/t26?,30?,31?,32-,33-,35+/m1/s1. The van der Waals surface area contributed by atoms with Gasteiger partial charge in [0, 0.05) is 44.3 Å². The topological polar surface area (TPSA) is 136 Å². The first-order chi connectivity index (χ1) is 23.3. The zero-order valence-electron chi connectivity index (χ0n) is 28.6. The van der Waals surface area contributed by atoms with Crippen LogP contribution in [-0.4, -0.2) is 78.9 Å². The molecular formula is C38H54N2O8. The van der Waals surface area contributed by atoms with E-state index in [2.05, 4.69) is 30.6 Å². The van der Waals surface area contributed by atoms with E-state index in [9.17, 15) is 14.4 Å². The number of amides is 2. The monoisotopic (exact) mass is 666 g/mol. The Balaban J connectivity index is 1.32. The molecule has 2 amide bonds. The summed E-state index contributed by atoms with van der Waals surface area (Å²) in [6.45, 7) is 4.48. The average molecular weight is 667 g/mol. The Morgan fingerprint density at radius 2 is 1.75 bits per heavy atom. The number of fused-ring (bicyclic) bond motifs is 2. The van der Waals surface area contributed by atoms with Crippen molar-refractivity contribution in [2.75, 3.05) is 19.7 Å². The number of aliphatic hydroxyl groups is 1. The smallest absolute Gasteiger partial charge is 0.339 e. The molecule has 3 N–H and O–H groups in total. The SMILES string of the molecule is CCCCCC1(CCCCC)O[C@@H]2[C@@H](C=C(C(=O)NCCC(=O)NCCO)C[C@H]2OC(=O)c2ccccc2C=CC2CCC3OC3C2)O1. The van der Waals surface area contributed by atoms with E-state index in [-0.39, 0.29) is 44.4 Å². The van der Waals surface area contributed by atoms with Crippen LogP contribution in [0.3, 0.4) is 0 Å². The fraction of sp³-hybridized carbons (Fsp3) is 0.658. The molecule has 1 saturated carbocycles. The number of carbonyl (C=O) groups excluding carboxylic acids is 3. The summed E-state index contributed by atoms with van der Waals surface area (Å²) in [4.78, 5) is 39.2. The van der Waals surface area contributed by atoms with Crippen molar-refractivity contribution < 1.29 is 38.4 Å². The number of aliphatic hydroxyl groups excluding tert-OH is 1. The van der Waals surface area contributed by atoms with E-state index in [1.807, 2.05) is 30.4 Å². The quantitative estimate of drug-likeness (QED) is 0.108. The molecule has 10 nitrogen and oxygen atoms in total. The highest BCUT2D eigenvalue weighted by Crippen LogP contribution is 2.43. The summed E-state index contributed by atoms with van der Waals surface area (Å²) in [5, 5.41) is 14.4. The van der Waals surface area contributed by atoms with Gasteiger partial charge in [0.05, 0.1) is 24.4 Å².